The zero-order valence-electron chi connectivity index (χ0n) is 13.6. The molecule has 0 amide bonds. The summed E-state index contributed by atoms with van der Waals surface area (Å²) < 4.78 is 5.34. The summed E-state index contributed by atoms with van der Waals surface area (Å²) in [6.07, 6.45) is 1.88. The summed E-state index contributed by atoms with van der Waals surface area (Å²) in [6, 6.07) is 5.25. The average molecular weight is 325 g/mol. The van der Waals surface area contributed by atoms with Gasteiger partial charge in [0, 0.05) is 36.5 Å². The second-order valence-electron chi connectivity index (χ2n) is 5.59. The number of hydrogen-bond acceptors (Lipinski definition) is 4. The van der Waals surface area contributed by atoms with Gasteiger partial charge in [0.1, 0.15) is 10.8 Å². The van der Waals surface area contributed by atoms with Crippen LogP contribution in [0.4, 0.5) is 0 Å². The van der Waals surface area contributed by atoms with E-state index in [4.69, 9.17) is 4.74 Å². The molecule has 117 valence electrons. The summed E-state index contributed by atoms with van der Waals surface area (Å²) in [7, 11) is 1.63. The molecule has 0 atom stereocenters. The molecule has 0 bridgehead atoms. The number of methoxy groups -OCH3 is 1. The number of aromatic nitrogens is 2. The highest BCUT2D eigenvalue weighted by molar-refractivity contribution is 7.15. The van der Waals surface area contributed by atoms with Crippen LogP contribution in [0.25, 0.3) is 21.6 Å². The molecule has 0 saturated carbocycles. The van der Waals surface area contributed by atoms with Crippen LogP contribution in [-0.2, 0) is 0 Å². The third-order valence-electron chi connectivity index (χ3n) is 3.76. The van der Waals surface area contributed by atoms with Crippen LogP contribution < -0.4 is 10.2 Å². The van der Waals surface area contributed by atoms with Crippen molar-refractivity contribution in [1.82, 2.24) is 9.97 Å². The molecule has 0 aliphatic carbocycles. The lowest BCUT2D eigenvalue weighted by molar-refractivity contribution is 0.412. The number of H-pyrrole nitrogens is 1. The van der Waals surface area contributed by atoms with Gasteiger partial charge in [-0.15, -0.1) is 11.3 Å². The Hall–Kier alpha value is -2.08. The van der Waals surface area contributed by atoms with Crippen molar-refractivity contribution in [2.24, 2.45) is 0 Å². The van der Waals surface area contributed by atoms with Crippen LogP contribution in [0.15, 0.2) is 29.2 Å². The first-order chi connectivity index (χ1) is 10.5. The number of aryl methyl sites for hydroxylation is 1. The van der Waals surface area contributed by atoms with E-state index in [1.54, 1.807) is 30.6 Å². The lowest BCUT2D eigenvalue weighted by Gasteiger charge is -2.09. The summed E-state index contributed by atoms with van der Waals surface area (Å²) in [5.74, 6) is 1.20. The largest absolute Gasteiger partial charge is 0.496 e. The van der Waals surface area contributed by atoms with Gasteiger partial charge in [-0.2, -0.15) is 0 Å². The number of nitrogens with zero attached hydrogens (tertiary/aromatic N) is 1. The molecule has 3 aromatic rings. The molecule has 0 aliphatic heterocycles. The molecule has 0 saturated heterocycles. The molecule has 3 rings (SSSR count). The Morgan fingerprint density at radius 1 is 1.30 bits per heavy atom. The summed E-state index contributed by atoms with van der Waals surface area (Å²) in [5, 5.41) is 1.51. The fourth-order valence-electron chi connectivity index (χ4n) is 2.45. The third-order valence-corrected chi connectivity index (χ3v) is 5.09. The minimum Gasteiger partial charge on any atom is -0.496 e. The maximum absolute atomic E-state index is 12.4. The van der Waals surface area contributed by atoms with E-state index in [-0.39, 0.29) is 13.8 Å². The van der Waals surface area contributed by atoms with E-state index in [0.29, 0.717) is 11.3 Å². The van der Waals surface area contributed by atoms with Crippen LogP contribution in [0.1, 0.15) is 30.2 Å². The summed E-state index contributed by atoms with van der Waals surface area (Å²) >= 11 is 1.61. The first-order valence-electron chi connectivity index (χ1n) is 7.18. The lowest BCUT2D eigenvalue weighted by Crippen LogP contribution is -2.04. The number of aromatic amines is 1. The van der Waals surface area contributed by atoms with Gasteiger partial charge in [-0.3, -0.25) is 4.79 Å². The second kappa shape index (κ2) is 6.58. The molecule has 0 aliphatic rings. The highest BCUT2D eigenvalue weighted by Crippen LogP contribution is 2.30. The molecule has 0 unspecified atom stereocenters. The zero-order valence-corrected chi connectivity index (χ0v) is 14.5. The molecule has 3 radical (unpaired) electrons. The second-order valence-corrected chi connectivity index (χ2v) is 6.65. The predicted molar refractivity (Wildman–Crippen MR) is 96.8 cm³/mol. The van der Waals surface area contributed by atoms with Crippen LogP contribution in [0.3, 0.4) is 0 Å². The fourth-order valence-corrected chi connectivity index (χ4v) is 3.34. The van der Waals surface area contributed by atoms with Gasteiger partial charge in [0.05, 0.1) is 18.3 Å². The van der Waals surface area contributed by atoms with Gasteiger partial charge in [-0.05, 0) is 25.0 Å². The Balaban J connectivity index is 0.00000192. The Kier molecular flexibility index (Phi) is 4.95. The van der Waals surface area contributed by atoms with Crippen LogP contribution in [0.5, 0.6) is 5.75 Å². The Labute approximate surface area is 141 Å². The summed E-state index contributed by atoms with van der Waals surface area (Å²) in [4.78, 5) is 21.4. The van der Waals surface area contributed by atoms with Crippen molar-refractivity contribution in [3.05, 3.63) is 45.1 Å². The zero-order chi connectivity index (χ0) is 15.9. The van der Waals surface area contributed by atoms with E-state index in [9.17, 15) is 4.79 Å². The molecule has 0 fully saturated rings. The summed E-state index contributed by atoms with van der Waals surface area (Å²) in [6.45, 7) is 6.22. The molecule has 4 nitrogen and oxygen atoms in total. The number of rotatable bonds is 3. The SMILES string of the molecule is COc1ccc2c(=O)cc(-c3ncc(C(C)C)s3)[nH]c2c1C.[B]. The number of hydrogen-bond donors (Lipinski definition) is 1. The van der Waals surface area contributed by atoms with E-state index in [2.05, 4.69) is 23.8 Å². The Bertz CT molecular complexity index is 899. The van der Waals surface area contributed by atoms with Crippen molar-refractivity contribution in [3.63, 3.8) is 0 Å². The minimum atomic E-state index is -0.00389. The quantitative estimate of drug-likeness (QED) is 0.747. The molecular formula is C17H18BN2O2S. The molecule has 0 spiro atoms. The van der Waals surface area contributed by atoms with Crippen molar-refractivity contribution in [2.75, 3.05) is 7.11 Å². The monoisotopic (exact) mass is 325 g/mol. The molecule has 2 aromatic heterocycles. The van der Waals surface area contributed by atoms with E-state index in [0.717, 1.165) is 27.5 Å². The van der Waals surface area contributed by atoms with Crippen molar-refractivity contribution in [2.45, 2.75) is 26.7 Å². The maximum atomic E-state index is 12.4. The number of fused-ring (bicyclic) bond motifs is 1. The van der Waals surface area contributed by atoms with E-state index >= 15 is 0 Å². The average Bonchev–Trinajstić information content (AvgIpc) is 2.98. The van der Waals surface area contributed by atoms with Crippen LogP contribution in [0, 0.1) is 6.92 Å². The van der Waals surface area contributed by atoms with Gasteiger partial charge in [0.15, 0.2) is 5.43 Å². The number of benzene rings is 1. The normalized spacial score (nSPS) is 10.8. The molecular weight excluding hydrogens is 307 g/mol. The third kappa shape index (κ3) is 3.04. The van der Waals surface area contributed by atoms with E-state index in [1.165, 1.54) is 4.88 Å². The molecule has 1 aromatic carbocycles. The van der Waals surface area contributed by atoms with Gasteiger partial charge in [-0.25, -0.2) is 4.98 Å². The Morgan fingerprint density at radius 2 is 2.04 bits per heavy atom. The highest BCUT2D eigenvalue weighted by Gasteiger charge is 2.12. The van der Waals surface area contributed by atoms with E-state index in [1.807, 2.05) is 19.2 Å². The van der Waals surface area contributed by atoms with Gasteiger partial charge in [0.2, 0.25) is 0 Å². The van der Waals surface area contributed by atoms with Gasteiger partial charge < -0.3 is 9.72 Å². The van der Waals surface area contributed by atoms with Gasteiger partial charge >= 0.3 is 0 Å². The van der Waals surface area contributed by atoms with Crippen LogP contribution in [-0.4, -0.2) is 25.5 Å². The molecule has 6 heteroatoms. The standard InChI is InChI=1S/C17H18N2O2S.B/c1-9(2)15-8-18-17(22-15)12-7-13(20)11-5-6-14(21-4)10(3)16(11)19-12;/h5-9H,1-4H3,(H,19,20);. The fraction of sp³-hybridized carbons (Fsp3) is 0.294. The number of pyridine rings is 1. The summed E-state index contributed by atoms with van der Waals surface area (Å²) in [5.41, 5.74) is 2.49. The number of thiazole rings is 1. The molecule has 1 N–H and O–H groups in total. The Morgan fingerprint density at radius 3 is 2.65 bits per heavy atom. The first-order valence-corrected chi connectivity index (χ1v) is 7.99. The van der Waals surface area contributed by atoms with Gasteiger partial charge in [-0.1, -0.05) is 13.8 Å². The predicted octanol–water partition coefficient (Wildman–Crippen LogP) is 3.71. The first kappa shape index (κ1) is 17.3. The van der Waals surface area contributed by atoms with Crippen LogP contribution in [0.2, 0.25) is 0 Å². The lowest BCUT2D eigenvalue weighted by atomic mass is 10.1. The topological polar surface area (TPSA) is 55.0 Å². The van der Waals surface area contributed by atoms with Crippen molar-refractivity contribution in [1.29, 1.82) is 0 Å². The molecule has 23 heavy (non-hydrogen) atoms. The van der Waals surface area contributed by atoms with Crippen molar-refractivity contribution < 1.29 is 4.74 Å². The van der Waals surface area contributed by atoms with Crippen molar-refractivity contribution in [3.8, 4) is 16.5 Å². The van der Waals surface area contributed by atoms with Gasteiger partial charge in [0.25, 0.3) is 0 Å². The smallest absolute Gasteiger partial charge is 0.190 e. The van der Waals surface area contributed by atoms with Crippen LogP contribution >= 0.6 is 11.3 Å². The number of ether oxygens (including phenoxy) is 1. The number of nitrogens with one attached hydrogen (secondary N) is 1. The maximum Gasteiger partial charge on any atom is 0.190 e. The minimum absolute atomic E-state index is 0. The van der Waals surface area contributed by atoms with E-state index < -0.39 is 0 Å². The molecule has 2 heterocycles. The highest BCUT2D eigenvalue weighted by atomic mass is 32.1. The van der Waals surface area contributed by atoms with Crippen molar-refractivity contribution >= 4 is 30.7 Å².